The van der Waals surface area contributed by atoms with Crippen LogP contribution in [0.1, 0.15) is 38.4 Å². The van der Waals surface area contributed by atoms with Gasteiger partial charge in [-0.15, -0.1) is 0 Å². The van der Waals surface area contributed by atoms with Gasteiger partial charge in [-0.2, -0.15) is 0 Å². The zero-order valence-electron chi connectivity index (χ0n) is 8.54. The summed E-state index contributed by atoms with van der Waals surface area (Å²) in [5.74, 6) is 0. The molecule has 13 heavy (non-hydrogen) atoms. The van der Waals surface area contributed by atoms with Crippen molar-refractivity contribution in [3.63, 3.8) is 0 Å². The smallest absolute Gasteiger partial charge is 0.101 e. The molecule has 0 unspecified atom stereocenters. The molecule has 1 aromatic heterocycles. The van der Waals surface area contributed by atoms with Crippen LogP contribution < -0.4 is 0 Å². The van der Waals surface area contributed by atoms with Crippen molar-refractivity contribution < 1.29 is 5.11 Å². The lowest BCUT2D eigenvalue weighted by atomic mass is 10.0. The van der Waals surface area contributed by atoms with E-state index >= 15 is 0 Å². The number of aliphatic hydroxyl groups is 1. The molecule has 2 heteroatoms. The minimum Gasteiger partial charge on any atom is -0.384 e. The first kappa shape index (κ1) is 10.2. The van der Waals surface area contributed by atoms with Crippen molar-refractivity contribution in [2.24, 2.45) is 0 Å². The van der Waals surface area contributed by atoms with Crippen LogP contribution in [0.25, 0.3) is 0 Å². The molecule has 0 fully saturated rings. The Hall–Kier alpha value is -0.890. The van der Waals surface area contributed by atoms with Crippen LogP contribution in [0.3, 0.4) is 0 Å². The summed E-state index contributed by atoms with van der Waals surface area (Å²) in [6.07, 6.45) is 3.93. The van der Waals surface area contributed by atoms with E-state index in [0.29, 0.717) is 0 Å². The molecule has 72 valence electrons. The van der Waals surface area contributed by atoms with E-state index in [1.165, 1.54) is 5.56 Å². The average molecular weight is 179 g/mol. The van der Waals surface area contributed by atoms with E-state index in [-0.39, 0.29) is 0 Å². The predicted octanol–water partition coefficient (Wildman–Crippen LogP) is 2.26. The largest absolute Gasteiger partial charge is 0.384 e. The normalized spacial score (nSPS) is 11.7. The Kier molecular flexibility index (Phi) is 3.04. The van der Waals surface area contributed by atoms with Gasteiger partial charge in [0.2, 0.25) is 0 Å². The van der Waals surface area contributed by atoms with Gasteiger partial charge in [-0.05, 0) is 38.0 Å². The zero-order valence-corrected chi connectivity index (χ0v) is 8.54. The van der Waals surface area contributed by atoms with Gasteiger partial charge in [0.1, 0.15) is 5.60 Å². The molecular formula is C11H17NO. The SMILES string of the molecule is CCCc1ccnc(C(C)(C)O)c1. The Morgan fingerprint density at radius 2 is 2.15 bits per heavy atom. The number of pyridine rings is 1. The molecule has 0 radical (unpaired) electrons. The Balaban J connectivity index is 2.92. The third kappa shape index (κ3) is 2.81. The van der Waals surface area contributed by atoms with Gasteiger partial charge >= 0.3 is 0 Å². The number of nitrogens with zero attached hydrogens (tertiary/aromatic N) is 1. The average Bonchev–Trinajstić information content (AvgIpc) is 2.04. The molecule has 1 heterocycles. The van der Waals surface area contributed by atoms with E-state index in [1.54, 1.807) is 20.0 Å². The summed E-state index contributed by atoms with van der Waals surface area (Å²) in [7, 11) is 0. The number of aryl methyl sites for hydroxylation is 1. The summed E-state index contributed by atoms with van der Waals surface area (Å²) in [5.41, 5.74) is 1.16. The topological polar surface area (TPSA) is 33.1 Å². The molecule has 1 N–H and O–H groups in total. The van der Waals surface area contributed by atoms with Gasteiger partial charge in [-0.25, -0.2) is 0 Å². The van der Waals surface area contributed by atoms with E-state index in [1.807, 2.05) is 12.1 Å². The minimum absolute atomic E-state index is 0.749. The van der Waals surface area contributed by atoms with Gasteiger partial charge in [0.25, 0.3) is 0 Å². The monoisotopic (exact) mass is 179 g/mol. The Morgan fingerprint density at radius 3 is 2.69 bits per heavy atom. The lowest BCUT2D eigenvalue weighted by molar-refractivity contribution is 0.0737. The van der Waals surface area contributed by atoms with Crippen LogP contribution in [0.4, 0.5) is 0 Å². The lowest BCUT2D eigenvalue weighted by Crippen LogP contribution is -2.17. The van der Waals surface area contributed by atoms with Crippen molar-refractivity contribution >= 4 is 0 Å². The van der Waals surface area contributed by atoms with Crippen LogP contribution in [0.5, 0.6) is 0 Å². The highest BCUT2D eigenvalue weighted by molar-refractivity contribution is 5.20. The fourth-order valence-corrected chi connectivity index (χ4v) is 1.25. The number of hydrogen-bond acceptors (Lipinski definition) is 2. The fraction of sp³-hybridized carbons (Fsp3) is 0.545. The van der Waals surface area contributed by atoms with Crippen molar-refractivity contribution in [1.82, 2.24) is 4.98 Å². The highest BCUT2D eigenvalue weighted by Gasteiger charge is 2.17. The molecule has 0 atom stereocenters. The van der Waals surface area contributed by atoms with E-state index in [2.05, 4.69) is 11.9 Å². The van der Waals surface area contributed by atoms with Crippen molar-refractivity contribution in [2.45, 2.75) is 39.2 Å². The van der Waals surface area contributed by atoms with E-state index < -0.39 is 5.60 Å². The molecule has 0 aromatic carbocycles. The molecule has 0 bridgehead atoms. The van der Waals surface area contributed by atoms with E-state index in [0.717, 1.165) is 18.5 Å². The first-order chi connectivity index (χ1) is 6.04. The first-order valence-corrected chi connectivity index (χ1v) is 4.72. The summed E-state index contributed by atoms with van der Waals surface area (Å²) in [6.45, 7) is 5.65. The molecule has 0 saturated heterocycles. The van der Waals surface area contributed by atoms with Crippen molar-refractivity contribution in [3.8, 4) is 0 Å². The second-order valence-electron chi connectivity index (χ2n) is 3.86. The van der Waals surface area contributed by atoms with Gasteiger partial charge in [0.15, 0.2) is 0 Å². The summed E-state index contributed by atoms with van der Waals surface area (Å²) in [5, 5.41) is 9.72. The minimum atomic E-state index is -0.830. The molecule has 0 amide bonds. The van der Waals surface area contributed by atoms with Gasteiger partial charge in [-0.3, -0.25) is 4.98 Å². The van der Waals surface area contributed by atoms with Gasteiger partial charge < -0.3 is 5.11 Å². The predicted molar refractivity (Wildman–Crippen MR) is 53.5 cm³/mol. The maximum absolute atomic E-state index is 9.72. The lowest BCUT2D eigenvalue weighted by Gasteiger charge is -2.16. The van der Waals surface area contributed by atoms with E-state index in [4.69, 9.17) is 0 Å². The highest BCUT2D eigenvalue weighted by atomic mass is 16.3. The van der Waals surface area contributed by atoms with Gasteiger partial charge in [0.05, 0.1) is 5.69 Å². The van der Waals surface area contributed by atoms with Crippen LogP contribution >= 0.6 is 0 Å². The van der Waals surface area contributed by atoms with Crippen molar-refractivity contribution in [3.05, 3.63) is 29.6 Å². The molecule has 0 aliphatic heterocycles. The maximum atomic E-state index is 9.72. The Morgan fingerprint density at radius 1 is 1.46 bits per heavy atom. The number of hydrogen-bond donors (Lipinski definition) is 1. The number of rotatable bonds is 3. The molecule has 0 aliphatic rings. The fourth-order valence-electron chi connectivity index (χ4n) is 1.25. The molecule has 1 rings (SSSR count). The standard InChI is InChI=1S/C11H17NO/c1-4-5-9-6-7-12-10(8-9)11(2,3)13/h6-8,13H,4-5H2,1-3H3. The van der Waals surface area contributed by atoms with Crippen LogP contribution in [0.15, 0.2) is 18.3 Å². The molecule has 2 nitrogen and oxygen atoms in total. The third-order valence-corrected chi connectivity index (χ3v) is 1.99. The van der Waals surface area contributed by atoms with Gasteiger partial charge in [-0.1, -0.05) is 13.3 Å². The third-order valence-electron chi connectivity index (χ3n) is 1.99. The Labute approximate surface area is 79.6 Å². The summed E-state index contributed by atoms with van der Waals surface area (Å²) >= 11 is 0. The molecule has 0 saturated carbocycles. The van der Waals surface area contributed by atoms with Crippen LogP contribution in [0, 0.1) is 0 Å². The first-order valence-electron chi connectivity index (χ1n) is 4.72. The molecule has 1 aromatic rings. The Bertz CT molecular complexity index is 276. The van der Waals surface area contributed by atoms with Crippen molar-refractivity contribution in [1.29, 1.82) is 0 Å². The molecular weight excluding hydrogens is 162 g/mol. The summed E-state index contributed by atoms with van der Waals surface area (Å²) in [4.78, 5) is 4.14. The van der Waals surface area contributed by atoms with Crippen LogP contribution in [-0.2, 0) is 12.0 Å². The molecule has 0 spiro atoms. The van der Waals surface area contributed by atoms with Gasteiger partial charge in [0, 0.05) is 6.20 Å². The molecule has 0 aliphatic carbocycles. The van der Waals surface area contributed by atoms with Crippen LogP contribution in [-0.4, -0.2) is 10.1 Å². The second kappa shape index (κ2) is 3.88. The van der Waals surface area contributed by atoms with E-state index in [9.17, 15) is 5.11 Å². The number of aromatic nitrogens is 1. The second-order valence-corrected chi connectivity index (χ2v) is 3.86. The van der Waals surface area contributed by atoms with Crippen molar-refractivity contribution in [2.75, 3.05) is 0 Å². The highest BCUT2D eigenvalue weighted by Crippen LogP contribution is 2.18. The van der Waals surface area contributed by atoms with Crippen LogP contribution in [0.2, 0.25) is 0 Å². The summed E-state index contributed by atoms with van der Waals surface area (Å²) < 4.78 is 0. The summed E-state index contributed by atoms with van der Waals surface area (Å²) in [6, 6.07) is 3.97. The quantitative estimate of drug-likeness (QED) is 0.772. The maximum Gasteiger partial charge on any atom is 0.101 e. The zero-order chi connectivity index (χ0) is 9.90.